The van der Waals surface area contributed by atoms with Gasteiger partial charge in [-0.1, -0.05) is 35.9 Å². The van der Waals surface area contributed by atoms with Gasteiger partial charge < -0.3 is 10.4 Å². The Bertz CT molecular complexity index is 722. The number of para-hydroxylation sites is 2. The molecule has 2 N–H and O–H groups in total. The van der Waals surface area contributed by atoms with Crippen LogP contribution < -0.4 is 10.2 Å². The molecule has 0 atom stereocenters. The Labute approximate surface area is 123 Å². The fraction of sp³-hybridized carbons (Fsp3) is 0.118. The monoisotopic (exact) mass is 280 g/mol. The Morgan fingerprint density at radius 3 is 2.67 bits per heavy atom. The number of urea groups is 1. The predicted octanol–water partition coefficient (Wildman–Crippen LogP) is 3.27. The number of anilines is 1. The average molecular weight is 280 g/mol. The number of hydrogen-bond donors (Lipinski definition) is 2. The maximum absolute atomic E-state index is 12.3. The Balaban J connectivity index is 1.89. The van der Waals surface area contributed by atoms with Crippen molar-refractivity contribution < 1.29 is 9.90 Å². The van der Waals surface area contributed by atoms with Gasteiger partial charge in [0.05, 0.1) is 5.69 Å². The molecule has 4 nitrogen and oxygen atoms in total. The number of aryl methyl sites for hydroxylation is 1. The van der Waals surface area contributed by atoms with Crippen LogP contribution in [0, 0.1) is 6.92 Å². The molecule has 0 fully saturated rings. The fourth-order valence-corrected chi connectivity index (χ4v) is 2.40. The van der Waals surface area contributed by atoms with Crippen LogP contribution in [-0.4, -0.2) is 17.7 Å². The first-order valence-electron chi connectivity index (χ1n) is 6.79. The first kappa shape index (κ1) is 13.2. The smallest absolute Gasteiger partial charge is 0.326 e. The SMILES string of the molecule is Cc1cccc(C2=CCN(c3ccccc3O)C(=O)N2)c1. The molecule has 2 aromatic rings. The first-order chi connectivity index (χ1) is 10.1. The van der Waals surface area contributed by atoms with Crippen LogP contribution >= 0.6 is 0 Å². The molecular formula is C17H16N2O2. The van der Waals surface area contributed by atoms with Gasteiger partial charge in [-0.25, -0.2) is 4.79 Å². The van der Waals surface area contributed by atoms with E-state index in [9.17, 15) is 9.90 Å². The van der Waals surface area contributed by atoms with Crippen molar-refractivity contribution in [2.45, 2.75) is 6.92 Å². The normalized spacial score (nSPS) is 14.6. The highest BCUT2D eigenvalue weighted by Crippen LogP contribution is 2.28. The van der Waals surface area contributed by atoms with E-state index in [1.807, 2.05) is 37.3 Å². The van der Waals surface area contributed by atoms with Crippen molar-refractivity contribution in [3.8, 4) is 5.75 Å². The molecule has 0 aliphatic carbocycles. The number of amides is 2. The lowest BCUT2D eigenvalue weighted by Gasteiger charge is -2.28. The van der Waals surface area contributed by atoms with Gasteiger partial charge in [0.2, 0.25) is 0 Å². The molecule has 4 heteroatoms. The van der Waals surface area contributed by atoms with E-state index in [4.69, 9.17) is 0 Å². The van der Waals surface area contributed by atoms with Gasteiger partial charge in [0, 0.05) is 12.2 Å². The third-order valence-electron chi connectivity index (χ3n) is 3.47. The zero-order chi connectivity index (χ0) is 14.8. The van der Waals surface area contributed by atoms with E-state index in [2.05, 4.69) is 5.32 Å². The highest BCUT2D eigenvalue weighted by atomic mass is 16.3. The third kappa shape index (κ3) is 2.60. The summed E-state index contributed by atoms with van der Waals surface area (Å²) in [6.45, 7) is 2.44. The van der Waals surface area contributed by atoms with Crippen LogP contribution in [0.4, 0.5) is 10.5 Å². The maximum Gasteiger partial charge on any atom is 0.326 e. The van der Waals surface area contributed by atoms with Crippen LogP contribution in [0.1, 0.15) is 11.1 Å². The zero-order valence-corrected chi connectivity index (χ0v) is 11.7. The molecule has 0 unspecified atom stereocenters. The Kier molecular flexibility index (Phi) is 3.36. The number of aromatic hydroxyl groups is 1. The van der Waals surface area contributed by atoms with E-state index in [-0.39, 0.29) is 11.8 Å². The van der Waals surface area contributed by atoms with Gasteiger partial charge in [-0.05, 0) is 36.8 Å². The molecule has 0 radical (unpaired) electrons. The van der Waals surface area contributed by atoms with E-state index in [1.54, 1.807) is 24.3 Å². The van der Waals surface area contributed by atoms with Gasteiger partial charge in [-0.15, -0.1) is 0 Å². The molecule has 0 aromatic heterocycles. The summed E-state index contributed by atoms with van der Waals surface area (Å²) in [4.78, 5) is 13.8. The molecule has 0 spiro atoms. The molecule has 2 aromatic carbocycles. The second-order valence-electron chi connectivity index (χ2n) is 5.02. The fourth-order valence-electron chi connectivity index (χ4n) is 2.40. The van der Waals surface area contributed by atoms with Crippen molar-refractivity contribution in [2.24, 2.45) is 0 Å². The maximum atomic E-state index is 12.3. The molecule has 0 bridgehead atoms. The summed E-state index contributed by atoms with van der Waals surface area (Å²) in [5.74, 6) is 0.0973. The second-order valence-corrected chi connectivity index (χ2v) is 5.02. The average Bonchev–Trinajstić information content (AvgIpc) is 2.48. The summed E-state index contributed by atoms with van der Waals surface area (Å²) in [5, 5.41) is 12.7. The number of carbonyl (C=O) groups excluding carboxylic acids is 1. The number of nitrogens with zero attached hydrogens (tertiary/aromatic N) is 1. The number of hydrogen-bond acceptors (Lipinski definition) is 2. The van der Waals surface area contributed by atoms with Gasteiger partial charge >= 0.3 is 6.03 Å². The van der Waals surface area contributed by atoms with Crippen molar-refractivity contribution in [3.63, 3.8) is 0 Å². The summed E-state index contributed by atoms with van der Waals surface area (Å²) in [5.41, 5.74) is 3.44. The minimum Gasteiger partial charge on any atom is -0.506 e. The summed E-state index contributed by atoms with van der Waals surface area (Å²) in [6.07, 6.45) is 1.95. The number of benzene rings is 2. The summed E-state index contributed by atoms with van der Waals surface area (Å²) in [6, 6.07) is 14.6. The van der Waals surface area contributed by atoms with Gasteiger partial charge in [-0.2, -0.15) is 0 Å². The molecule has 1 aliphatic heterocycles. The number of phenolic OH excluding ortho intramolecular Hbond substituents is 1. The minimum atomic E-state index is -0.240. The van der Waals surface area contributed by atoms with Crippen LogP contribution in [0.25, 0.3) is 5.70 Å². The van der Waals surface area contributed by atoms with Gasteiger partial charge in [0.25, 0.3) is 0 Å². The van der Waals surface area contributed by atoms with Gasteiger partial charge in [0.1, 0.15) is 5.75 Å². The topological polar surface area (TPSA) is 52.6 Å². The van der Waals surface area contributed by atoms with E-state index >= 15 is 0 Å². The van der Waals surface area contributed by atoms with E-state index < -0.39 is 0 Å². The third-order valence-corrected chi connectivity index (χ3v) is 3.47. The molecule has 106 valence electrons. The van der Waals surface area contributed by atoms with Crippen LogP contribution in [0.5, 0.6) is 5.75 Å². The van der Waals surface area contributed by atoms with Crippen LogP contribution in [0.2, 0.25) is 0 Å². The summed E-state index contributed by atoms with van der Waals surface area (Å²) < 4.78 is 0. The van der Waals surface area contributed by atoms with Crippen molar-refractivity contribution in [3.05, 3.63) is 65.7 Å². The van der Waals surface area contributed by atoms with Crippen LogP contribution in [0.15, 0.2) is 54.6 Å². The Morgan fingerprint density at radius 1 is 1.14 bits per heavy atom. The lowest BCUT2D eigenvalue weighted by atomic mass is 10.1. The molecule has 1 heterocycles. The Morgan fingerprint density at radius 2 is 1.95 bits per heavy atom. The van der Waals surface area contributed by atoms with Crippen LogP contribution in [-0.2, 0) is 0 Å². The van der Waals surface area contributed by atoms with Crippen molar-refractivity contribution in [2.75, 3.05) is 11.4 Å². The standard InChI is InChI=1S/C17H16N2O2/c1-12-5-4-6-13(11-12)14-9-10-19(17(21)18-14)15-7-2-3-8-16(15)20/h2-9,11,20H,10H2,1H3,(H,18,21). The minimum absolute atomic E-state index is 0.0973. The second kappa shape index (κ2) is 5.32. The quantitative estimate of drug-likeness (QED) is 0.887. The number of carbonyl (C=O) groups is 1. The molecule has 0 saturated carbocycles. The molecule has 1 aliphatic rings. The van der Waals surface area contributed by atoms with E-state index in [0.29, 0.717) is 12.2 Å². The van der Waals surface area contributed by atoms with E-state index in [0.717, 1.165) is 16.8 Å². The molecule has 2 amide bonds. The van der Waals surface area contributed by atoms with Gasteiger partial charge in [0.15, 0.2) is 0 Å². The predicted molar refractivity (Wildman–Crippen MR) is 83.1 cm³/mol. The molecule has 0 saturated heterocycles. The first-order valence-corrected chi connectivity index (χ1v) is 6.79. The van der Waals surface area contributed by atoms with Crippen molar-refractivity contribution >= 4 is 17.4 Å². The number of phenols is 1. The number of nitrogens with one attached hydrogen (secondary N) is 1. The van der Waals surface area contributed by atoms with Gasteiger partial charge in [-0.3, -0.25) is 4.90 Å². The number of rotatable bonds is 2. The largest absolute Gasteiger partial charge is 0.506 e. The molecule has 3 rings (SSSR count). The van der Waals surface area contributed by atoms with Crippen LogP contribution in [0.3, 0.4) is 0 Å². The highest BCUT2D eigenvalue weighted by molar-refractivity contribution is 6.00. The zero-order valence-electron chi connectivity index (χ0n) is 11.7. The molecule has 21 heavy (non-hydrogen) atoms. The molecular weight excluding hydrogens is 264 g/mol. The lowest BCUT2D eigenvalue weighted by molar-refractivity contribution is 0.249. The van der Waals surface area contributed by atoms with Crippen molar-refractivity contribution in [1.29, 1.82) is 0 Å². The van der Waals surface area contributed by atoms with E-state index in [1.165, 1.54) is 4.90 Å². The Hall–Kier alpha value is -2.75. The summed E-state index contributed by atoms with van der Waals surface area (Å²) in [7, 11) is 0. The summed E-state index contributed by atoms with van der Waals surface area (Å²) >= 11 is 0. The highest BCUT2D eigenvalue weighted by Gasteiger charge is 2.22. The van der Waals surface area contributed by atoms with Crippen molar-refractivity contribution in [1.82, 2.24) is 5.32 Å². The lowest BCUT2D eigenvalue weighted by Crippen LogP contribution is -2.43.